The number of carbonyl (C=O) groups excluding carboxylic acids is 1. The smallest absolute Gasteiger partial charge is 0.241 e. The average molecular weight is 405 g/mol. The molecular weight excluding hydrogens is 384 g/mol. The Balaban J connectivity index is 1.63. The van der Waals surface area contributed by atoms with E-state index in [1.165, 1.54) is 0 Å². The van der Waals surface area contributed by atoms with Crippen LogP contribution in [0.25, 0.3) is 0 Å². The third-order valence-electron chi connectivity index (χ3n) is 4.23. The molecule has 3 rings (SSSR count). The monoisotopic (exact) mass is 404 g/mol. The number of amides is 1. The minimum atomic E-state index is -0.277. The number of fused-ring (bicyclic) bond motifs is 1. The van der Waals surface area contributed by atoms with Crippen LogP contribution in [0.5, 0.6) is 11.5 Å². The summed E-state index contributed by atoms with van der Waals surface area (Å²) in [6.45, 7) is 3.65. The lowest BCUT2D eigenvalue weighted by molar-refractivity contribution is -0.120. The molecule has 0 saturated heterocycles. The Morgan fingerprint density at radius 1 is 1.20 bits per heavy atom. The van der Waals surface area contributed by atoms with Gasteiger partial charge in [0, 0.05) is 22.8 Å². The van der Waals surface area contributed by atoms with Gasteiger partial charge in [-0.1, -0.05) is 34.1 Å². The van der Waals surface area contributed by atoms with Crippen LogP contribution in [0.1, 0.15) is 12.5 Å². The SMILES string of the molecule is CC(C(=O)Nc1ccc2c(c1)OCCO2)N(C)Cc1ccccc1Br. The van der Waals surface area contributed by atoms with Crippen molar-refractivity contribution in [2.24, 2.45) is 0 Å². The molecule has 132 valence electrons. The largest absolute Gasteiger partial charge is 0.486 e. The van der Waals surface area contributed by atoms with E-state index in [2.05, 4.69) is 21.2 Å². The Bertz CT molecular complexity index is 766. The molecule has 1 aliphatic heterocycles. The molecule has 5 nitrogen and oxygen atoms in total. The Morgan fingerprint density at radius 3 is 2.68 bits per heavy atom. The molecule has 0 fully saturated rings. The van der Waals surface area contributed by atoms with Crippen molar-refractivity contribution in [2.45, 2.75) is 19.5 Å². The zero-order valence-corrected chi connectivity index (χ0v) is 15.9. The van der Waals surface area contributed by atoms with E-state index in [1.807, 2.05) is 55.3 Å². The maximum atomic E-state index is 12.6. The Hall–Kier alpha value is -2.05. The molecule has 25 heavy (non-hydrogen) atoms. The highest BCUT2D eigenvalue weighted by molar-refractivity contribution is 9.10. The first-order valence-electron chi connectivity index (χ1n) is 8.19. The van der Waals surface area contributed by atoms with E-state index in [-0.39, 0.29) is 11.9 Å². The first-order chi connectivity index (χ1) is 12.0. The van der Waals surface area contributed by atoms with Gasteiger partial charge in [0.1, 0.15) is 13.2 Å². The third kappa shape index (κ3) is 4.32. The standard InChI is InChI=1S/C19H21BrN2O3/c1-13(22(2)12-14-5-3-4-6-16(14)20)19(23)21-15-7-8-17-18(11-15)25-10-9-24-17/h3-8,11,13H,9-10,12H2,1-2H3,(H,21,23). The lowest BCUT2D eigenvalue weighted by Gasteiger charge is -2.25. The summed E-state index contributed by atoms with van der Waals surface area (Å²) in [7, 11) is 1.94. The first kappa shape index (κ1) is 17.8. The van der Waals surface area contributed by atoms with Gasteiger partial charge in [-0.25, -0.2) is 0 Å². The molecule has 1 amide bonds. The highest BCUT2D eigenvalue weighted by atomic mass is 79.9. The Kier molecular flexibility index (Phi) is 5.60. The summed E-state index contributed by atoms with van der Waals surface area (Å²) in [6.07, 6.45) is 0. The summed E-state index contributed by atoms with van der Waals surface area (Å²) >= 11 is 3.55. The number of nitrogens with zero attached hydrogens (tertiary/aromatic N) is 1. The van der Waals surface area contributed by atoms with Gasteiger partial charge in [-0.05, 0) is 37.7 Å². The van der Waals surface area contributed by atoms with E-state index in [0.717, 1.165) is 10.0 Å². The average Bonchev–Trinajstić information content (AvgIpc) is 2.62. The topological polar surface area (TPSA) is 50.8 Å². The maximum Gasteiger partial charge on any atom is 0.241 e. The van der Waals surface area contributed by atoms with Crippen molar-refractivity contribution < 1.29 is 14.3 Å². The van der Waals surface area contributed by atoms with Gasteiger partial charge in [0.15, 0.2) is 11.5 Å². The molecule has 1 unspecified atom stereocenters. The molecule has 2 aromatic rings. The van der Waals surface area contributed by atoms with Crippen LogP contribution in [0.3, 0.4) is 0 Å². The third-order valence-corrected chi connectivity index (χ3v) is 5.00. The summed E-state index contributed by atoms with van der Waals surface area (Å²) in [4.78, 5) is 14.6. The Morgan fingerprint density at radius 2 is 1.92 bits per heavy atom. The number of ether oxygens (including phenoxy) is 2. The van der Waals surface area contributed by atoms with Gasteiger partial charge >= 0.3 is 0 Å². The number of nitrogens with one attached hydrogen (secondary N) is 1. The van der Waals surface area contributed by atoms with Gasteiger partial charge < -0.3 is 14.8 Å². The second kappa shape index (κ2) is 7.89. The quantitative estimate of drug-likeness (QED) is 0.825. The summed E-state index contributed by atoms with van der Waals surface area (Å²) in [5.41, 5.74) is 1.85. The fourth-order valence-corrected chi connectivity index (χ4v) is 3.01. The summed E-state index contributed by atoms with van der Waals surface area (Å²) in [5, 5.41) is 2.95. The van der Waals surface area contributed by atoms with Crippen LogP contribution in [0.15, 0.2) is 46.9 Å². The van der Waals surface area contributed by atoms with Crippen LogP contribution >= 0.6 is 15.9 Å². The number of carbonyl (C=O) groups is 1. The number of halogens is 1. The number of rotatable bonds is 5. The Labute approximate surface area is 156 Å². The molecular formula is C19H21BrN2O3. The van der Waals surface area contributed by atoms with Gasteiger partial charge in [-0.15, -0.1) is 0 Å². The first-order valence-corrected chi connectivity index (χ1v) is 8.98. The van der Waals surface area contributed by atoms with E-state index < -0.39 is 0 Å². The van der Waals surface area contributed by atoms with Crippen LogP contribution in [0.4, 0.5) is 5.69 Å². The van der Waals surface area contributed by atoms with Crippen LogP contribution in [0.2, 0.25) is 0 Å². The summed E-state index contributed by atoms with van der Waals surface area (Å²) < 4.78 is 12.1. The van der Waals surface area contributed by atoms with Crippen LogP contribution < -0.4 is 14.8 Å². The van der Waals surface area contributed by atoms with E-state index in [1.54, 1.807) is 6.07 Å². The summed E-state index contributed by atoms with van der Waals surface area (Å²) in [5.74, 6) is 1.31. The van der Waals surface area contributed by atoms with E-state index in [4.69, 9.17) is 9.47 Å². The minimum absolute atomic E-state index is 0.0637. The second-order valence-corrected chi connectivity index (χ2v) is 6.88. The molecule has 0 saturated carbocycles. The lowest BCUT2D eigenvalue weighted by atomic mass is 10.2. The van der Waals surface area contributed by atoms with Crippen molar-refractivity contribution in [3.63, 3.8) is 0 Å². The number of benzene rings is 2. The molecule has 0 spiro atoms. The van der Waals surface area contributed by atoms with Crippen LogP contribution in [0, 0.1) is 0 Å². The number of likely N-dealkylation sites (N-methyl/N-ethyl adjacent to an activating group) is 1. The normalized spacial score (nSPS) is 14.2. The molecule has 2 aromatic carbocycles. The number of anilines is 1. The molecule has 0 bridgehead atoms. The van der Waals surface area contributed by atoms with Gasteiger partial charge in [0.05, 0.1) is 6.04 Å². The van der Waals surface area contributed by atoms with Gasteiger partial charge in [-0.3, -0.25) is 9.69 Å². The minimum Gasteiger partial charge on any atom is -0.486 e. The summed E-state index contributed by atoms with van der Waals surface area (Å²) in [6, 6.07) is 13.2. The van der Waals surface area contributed by atoms with Crippen LogP contribution in [-0.4, -0.2) is 37.1 Å². The van der Waals surface area contributed by atoms with E-state index in [9.17, 15) is 4.79 Å². The molecule has 1 heterocycles. The molecule has 1 N–H and O–H groups in total. The molecule has 1 aliphatic rings. The predicted molar refractivity (Wildman–Crippen MR) is 101 cm³/mol. The zero-order valence-electron chi connectivity index (χ0n) is 14.3. The molecule has 0 aromatic heterocycles. The van der Waals surface area contributed by atoms with Crippen molar-refractivity contribution in [1.29, 1.82) is 0 Å². The fraction of sp³-hybridized carbons (Fsp3) is 0.316. The lowest BCUT2D eigenvalue weighted by Crippen LogP contribution is -2.39. The molecule has 0 aliphatic carbocycles. The van der Waals surface area contributed by atoms with Crippen molar-refractivity contribution in [1.82, 2.24) is 4.90 Å². The maximum absolute atomic E-state index is 12.6. The van der Waals surface area contributed by atoms with Gasteiger partial charge in [0.25, 0.3) is 0 Å². The molecule has 6 heteroatoms. The van der Waals surface area contributed by atoms with Crippen molar-refractivity contribution in [3.05, 3.63) is 52.5 Å². The molecule has 1 atom stereocenters. The van der Waals surface area contributed by atoms with E-state index in [0.29, 0.717) is 36.9 Å². The van der Waals surface area contributed by atoms with Crippen LogP contribution in [-0.2, 0) is 11.3 Å². The number of hydrogen-bond acceptors (Lipinski definition) is 4. The van der Waals surface area contributed by atoms with E-state index >= 15 is 0 Å². The van der Waals surface area contributed by atoms with Gasteiger partial charge in [-0.2, -0.15) is 0 Å². The van der Waals surface area contributed by atoms with Gasteiger partial charge in [0.2, 0.25) is 5.91 Å². The number of hydrogen-bond donors (Lipinski definition) is 1. The predicted octanol–water partition coefficient (Wildman–Crippen LogP) is 3.68. The highest BCUT2D eigenvalue weighted by Gasteiger charge is 2.20. The van der Waals surface area contributed by atoms with Crippen molar-refractivity contribution >= 4 is 27.5 Å². The molecule has 0 radical (unpaired) electrons. The highest BCUT2D eigenvalue weighted by Crippen LogP contribution is 2.32. The van der Waals surface area contributed by atoms with Crippen molar-refractivity contribution in [2.75, 3.05) is 25.6 Å². The second-order valence-electron chi connectivity index (χ2n) is 6.03. The van der Waals surface area contributed by atoms with Crippen molar-refractivity contribution in [3.8, 4) is 11.5 Å². The zero-order chi connectivity index (χ0) is 17.8. The fourth-order valence-electron chi connectivity index (χ4n) is 2.60.